The first-order valence-corrected chi connectivity index (χ1v) is 9.55. The Morgan fingerprint density at radius 3 is 2.37 bits per heavy atom. The molecule has 7 nitrogen and oxygen atoms in total. The van der Waals surface area contributed by atoms with Crippen LogP contribution in [0.3, 0.4) is 0 Å². The van der Waals surface area contributed by atoms with Crippen molar-refractivity contribution in [2.75, 3.05) is 27.9 Å². The molecule has 0 bridgehead atoms. The van der Waals surface area contributed by atoms with E-state index in [1.165, 1.54) is 14.2 Å². The van der Waals surface area contributed by atoms with Crippen molar-refractivity contribution < 1.29 is 23.4 Å². The number of hydrogen-bond donors (Lipinski definition) is 1. The molecule has 7 heteroatoms. The number of benzene rings is 2. The second kappa shape index (κ2) is 9.35. The Kier molecular flexibility index (Phi) is 6.61. The molecule has 0 aliphatic carbocycles. The second-order valence-electron chi connectivity index (χ2n) is 6.80. The molecule has 158 valence electrons. The number of fused-ring (bicyclic) bond motifs is 1. The van der Waals surface area contributed by atoms with Crippen LogP contribution < -0.4 is 25.2 Å². The minimum atomic E-state index is -0.558. The number of carbonyl (C=O) groups excluding carboxylic acids is 1. The number of ether oxygens (including phenoxy) is 3. The van der Waals surface area contributed by atoms with E-state index < -0.39 is 5.63 Å². The normalized spacial score (nSPS) is 10.7. The quantitative estimate of drug-likeness (QED) is 0.574. The Hall–Kier alpha value is -3.48. The fourth-order valence-electron chi connectivity index (χ4n) is 3.33. The standard InChI is InChI=1S/C23H25NO6/c1-14-17-9-10-19(28-3)22(29-4)21(17)30-23(26)18(14)13-20(25)24-12-11-15-5-7-16(27-2)8-6-15/h5-10H,11-13H2,1-4H3,(H,24,25). The van der Waals surface area contributed by atoms with Crippen LogP contribution in [-0.2, 0) is 17.6 Å². The lowest BCUT2D eigenvalue weighted by Crippen LogP contribution is -2.29. The van der Waals surface area contributed by atoms with E-state index in [-0.39, 0.29) is 12.3 Å². The van der Waals surface area contributed by atoms with Crippen LogP contribution in [0.2, 0.25) is 0 Å². The lowest BCUT2D eigenvalue weighted by molar-refractivity contribution is -0.120. The van der Waals surface area contributed by atoms with Gasteiger partial charge in [-0.3, -0.25) is 4.79 Å². The number of methoxy groups -OCH3 is 3. The van der Waals surface area contributed by atoms with E-state index in [0.717, 1.165) is 11.3 Å². The van der Waals surface area contributed by atoms with Gasteiger partial charge in [-0.15, -0.1) is 0 Å². The molecule has 0 spiro atoms. The second-order valence-corrected chi connectivity index (χ2v) is 6.80. The van der Waals surface area contributed by atoms with Crippen molar-refractivity contribution in [1.82, 2.24) is 5.32 Å². The Morgan fingerprint density at radius 1 is 1.00 bits per heavy atom. The Bertz CT molecular complexity index is 1100. The molecule has 0 atom stereocenters. The van der Waals surface area contributed by atoms with Gasteiger partial charge in [-0.05, 0) is 48.7 Å². The van der Waals surface area contributed by atoms with Gasteiger partial charge in [0.15, 0.2) is 11.3 Å². The average molecular weight is 411 g/mol. The van der Waals surface area contributed by atoms with Crippen molar-refractivity contribution in [2.24, 2.45) is 0 Å². The van der Waals surface area contributed by atoms with E-state index in [4.69, 9.17) is 18.6 Å². The molecule has 1 heterocycles. The molecule has 0 saturated heterocycles. The summed E-state index contributed by atoms with van der Waals surface area (Å²) in [4.78, 5) is 25.0. The van der Waals surface area contributed by atoms with E-state index >= 15 is 0 Å². The number of hydrogen-bond acceptors (Lipinski definition) is 6. The highest BCUT2D eigenvalue weighted by atomic mass is 16.5. The lowest BCUT2D eigenvalue weighted by Gasteiger charge is -2.13. The first kappa shape index (κ1) is 21.2. The van der Waals surface area contributed by atoms with Gasteiger partial charge in [-0.1, -0.05) is 12.1 Å². The summed E-state index contributed by atoms with van der Waals surface area (Å²) in [7, 11) is 4.61. The molecular formula is C23H25NO6. The third-order valence-electron chi connectivity index (χ3n) is 5.03. The Labute approximate surface area is 174 Å². The third-order valence-corrected chi connectivity index (χ3v) is 5.03. The van der Waals surface area contributed by atoms with Crippen LogP contribution in [0.1, 0.15) is 16.7 Å². The van der Waals surface area contributed by atoms with Crippen molar-refractivity contribution in [3.8, 4) is 17.2 Å². The zero-order valence-corrected chi connectivity index (χ0v) is 17.5. The SMILES string of the molecule is COc1ccc(CCNC(=O)Cc2c(C)c3ccc(OC)c(OC)c3oc2=O)cc1. The highest BCUT2D eigenvalue weighted by molar-refractivity contribution is 5.89. The summed E-state index contributed by atoms with van der Waals surface area (Å²) in [5.74, 6) is 1.37. The Balaban J connectivity index is 1.73. The average Bonchev–Trinajstić information content (AvgIpc) is 2.76. The van der Waals surface area contributed by atoms with Crippen LogP contribution in [-0.4, -0.2) is 33.8 Å². The highest BCUT2D eigenvalue weighted by Gasteiger charge is 2.19. The van der Waals surface area contributed by atoms with Crippen LogP contribution in [0.5, 0.6) is 17.2 Å². The fraction of sp³-hybridized carbons (Fsp3) is 0.304. The number of amides is 1. The molecule has 3 aromatic rings. The molecule has 0 fully saturated rings. The maximum absolute atomic E-state index is 12.6. The number of rotatable bonds is 8. The molecule has 3 rings (SSSR count). The van der Waals surface area contributed by atoms with Gasteiger partial charge in [0.05, 0.1) is 33.3 Å². The van der Waals surface area contributed by atoms with Crippen LogP contribution in [0.15, 0.2) is 45.6 Å². The van der Waals surface area contributed by atoms with Crippen LogP contribution in [0, 0.1) is 6.92 Å². The molecule has 0 unspecified atom stereocenters. The predicted molar refractivity (Wildman–Crippen MR) is 114 cm³/mol. The summed E-state index contributed by atoms with van der Waals surface area (Å²) in [5, 5.41) is 3.56. The van der Waals surface area contributed by atoms with Gasteiger partial charge in [0.25, 0.3) is 0 Å². The van der Waals surface area contributed by atoms with Gasteiger partial charge >= 0.3 is 5.63 Å². The minimum Gasteiger partial charge on any atom is -0.497 e. The number of nitrogens with one attached hydrogen (secondary N) is 1. The summed E-state index contributed by atoms with van der Waals surface area (Å²) >= 11 is 0. The number of carbonyl (C=O) groups is 1. The molecule has 0 radical (unpaired) electrons. The molecule has 30 heavy (non-hydrogen) atoms. The molecule has 1 amide bonds. The van der Waals surface area contributed by atoms with Crippen LogP contribution in [0.25, 0.3) is 11.0 Å². The molecule has 0 aliphatic rings. The predicted octanol–water partition coefficient (Wildman–Crippen LogP) is 3.03. The minimum absolute atomic E-state index is 0.0545. The summed E-state index contributed by atoms with van der Waals surface area (Å²) < 4.78 is 21.2. The fourth-order valence-corrected chi connectivity index (χ4v) is 3.33. The topological polar surface area (TPSA) is 87.0 Å². The van der Waals surface area contributed by atoms with E-state index in [1.807, 2.05) is 24.3 Å². The van der Waals surface area contributed by atoms with Crippen molar-refractivity contribution in [1.29, 1.82) is 0 Å². The third kappa shape index (κ3) is 4.40. The van der Waals surface area contributed by atoms with Crippen molar-refractivity contribution in [2.45, 2.75) is 19.8 Å². The van der Waals surface area contributed by atoms with Gasteiger partial charge < -0.3 is 23.9 Å². The smallest absolute Gasteiger partial charge is 0.340 e. The van der Waals surface area contributed by atoms with Crippen molar-refractivity contribution in [3.05, 3.63) is 63.5 Å². The van der Waals surface area contributed by atoms with Crippen LogP contribution >= 0.6 is 0 Å². The van der Waals surface area contributed by atoms with Crippen molar-refractivity contribution >= 4 is 16.9 Å². The van der Waals surface area contributed by atoms with Crippen LogP contribution in [0.4, 0.5) is 0 Å². The van der Waals surface area contributed by atoms with Gasteiger partial charge in [0.2, 0.25) is 11.7 Å². The summed E-state index contributed by atoms with van der Waals surface area (Å²) in [6, 6.07) is 11.2. The summed E-state index contributed by atoms with van der Waals surface area (Å²) in [6.07, 6.45) is 0.624. The molecule has 0 saturated carbocycles. The van der Waals surface area contributed by atoms with E-state index in [2.05, 4.69) is 5.32 Å². The monoisotopic (exact) mass is 411 g/mol. The van der Waals surface area contributed by atoms with Gasteiger partial charge in [-0.2, -0.15) is 0 Å². The van der Waals surface area contributed by atoms with Crippen molar-refractivity contribution in [3.63, 3.8) is 0 Å². The van der Waals surface area contributed by atoms with E-state index in [9.17, 15) is 9.59 Å². The molecule has 0 aliphatic heterocycles. The maximum Gasteiger partial charge on any atom is 0.340 e. The highest BCUT2D eigenvalue weighted by Crippen LogP contribution is 2.36. The number of aryl methyl sites for hydroxylation is 1. The maximum atomic E-state index is 12.6. The first-order chi connectivity index (χ1) is 14.5. The van der Waals surface area contributed by atoms with Gasteiger partial charge in [0.1, 0.15) is 5.75 Å². The molecular weight excluding hydrogens is 386 g/mol. The zero-order chi connectivity index (χ0) is 21.7. The zero-order valence-electron chi connectivity index (χ0n) is 17.5. The van der Waals surface area contributed by atoms with Gasteiger partial charge in [-0.25, -0.2) is 4.79 Å². The van der Waals surface area contributed by atoms with E-state index in [1.54, 1.807) is 26.2 Å². The lowest BCUT2D eigenvalue weighted by atomic mass is 10.0. The molecule has 1 N–H and O–H groups in total. The summed E-state index contributed by atoms with van der Waals surface area (Å²) in [6.45, 7) is 2.26. The first-order valence-electron chi connectivity index (χ1n) is 9.55. The Morgan fingerprint density at radius 2 is 1.73 bits per heavy atom. The van der Waals surface area contributed by atoms with E-state index in [0.29, 0.717) is 46.6 Å². The molecule has 1 aromatic heterocycles. The van der Waals surface area contributed by atoms with Gasteiger partial charge in [0, 0.05) is 11.9 Å². The largest absolute Gasteiger partial charge is 0.497 e. The summed E-state index contributed by atoms with van der Waals surface area (Å²) in [5.41, 5.74) is 1.85. The molecule has 2 aromatic carbocycles.